The zero-order chi connectivity index (χ0) is 8.43. The highest BCUT2D eigenvalue weighted by Gasteiger charge is 2.25. The topological polar surface area (TPSA) is 17.1 Å². The number of allylic oxidation sites excluding steroid dienone is 2. The first kappa shape index (κ1) is 8.79. The molecule has 0 bridgehead atoms. The molecule has 0 unspecified atom stereocenters. The third-order valence-electron chi connectivity index (χ3n) is 2.34. The fourth-order valence-corrected chi connectivity index (χ4v) is 1.91. The van der Waals surface area contributed by atoms with E-state index < -0.39 is 0 Å². The smallest absolute Gasteiger partial charge is 0.225 e. The van der Waals surface area contributed by atoms with Crippen LogP contribution in [-0.4, -0.2) is 5.24 Å². The van der Waals surface area contributed by atoms with Gasteiger partial charge >= 0.3 is 0 Å². The maximum Gasteiger partial charge on any atom is 0.225 e. The van der Waals surface area contributed by atoms with Crippen LogP contribution in [0.5, 0.6) is 0 Å². The van der Waals surface area contributed by atoms with Gasteiger partial charge in [-0.2, -0.15) is 0 Å². The molecule has 0 fully saturated rings. The minimum absolute atomic E-state index is 0.0559. The molecule has 1 rings (SSSR count). The Morgan fingerprint density at radius 2 is 2.36 bits per heavy atom. The molecule has 0 heterocycles. The molecule has 1 aliphatic rings. The highest BCUT2D eigenvalue weighted by molar-refractivity contribution is 6.64. The molecule has 0 N–H and O–H groups in total. The van der Waals surface area contributed by atoms with Crippen LogP contribution in [0.4, 0.5) is 0 Å². The van der Waals surface area contributed by atoms with Gasteiger partial charge in [0, 0.05) is 5.92 Å². The average molecular weight is 173 g/mol. The van der Waals surface area contributed by atoms with Crippen molar-refractivity contribution < 1.29 is 4.79 Å². The van der Waals surface area contributed by atoms with Gasteiger partial charge in [-0.15, -0.1) is 0 Å². The largest absolute Gasteiger partial charge is 0.281 e. The third kappa shape index (κ3) is 2.06. The lowest BCUT2D eigenvalue weighted by Gasteiger charge is -2.24. The van der Waals surface area contributed by atoms with Crippen molar-refractivity contribution in [1.82, 2.24) is 0 Å². The molecule has 0 saturated carbocycles. The van der Waals surface area contributed by atoms with Crippen LogP contribution in [0.15, 0.2) is 11.6 Å². The molecular weight excluding hydrogens is 160 g/mol. The number of hydrogen-bond acceptors (Lipinski definition) is 1. The van der Waals surface area contributed by atoms with Gasteiger partial charge in [0.1, 0.15) is 0 Å². The monoisotopic (exact) mass is 172 g/mol. The second kappa shape index (κ2) is 3.40. The molecule has 1 nitrogen and oxygen atoms in total. The number of carbonyl (C=O) groups excluding carboxylic acids is 1. The van der Waals surface area contributed by atoms with Crippen molar-refractivity contribution in [2.75, 3.05) is 0 Å². The zero-order valence-electron chi connectivity index (χ0n) is 6.93. The van der Waals surface area contributed by atoms with Gasteiger partial charge in [0.15, 0.2) is 0 Å². The number of rotatable bonds is 1. The summed E-state index contributed by atoms with van der Waals surface area (Å²) in [6.45, 7) is 4.19. The summed E-state index contributed by atoms with van der Waals surface area (Å²) in [5.74, 6) is 0.477. The highest BCUT2D eigenvalue weighted by atomic mass is 35.5. The lowest BCUT2D eigenvalue weighted by molar-refractivity contribution is -0.116. The van der Waals surface area contributed by atoms with E-state index in [-0.39, 0.29) is 11.2 Å². The van der Waals surface area contributed by atoms with Crippen molar-refractivity contribution in [1.29, 1.82) is 0 Å². The second-order valence-corrected chi connectivity index (χ2v) is 3.75. The van der Waals surface area contributed by atoms with E-state index in [4.69, 9.17) is 11.6 Å². The van der Waals surface area contributed by atoms with Crippen LogP contribution in [0.1, 0.15) is 26.7 Å². The minimum Gasteiger partial charge on any atom is -0.281 e. The van der Waals surface area contributed by atoms with Crippen LogP contribution in [0.2, 0.25) is 0 Å². The molecule has 11 heavy (non-hydrogen) atoms. The third-order valence-corrected chi connectivity index (χ3v) is 2.62. The lowest BCUT2D eigenvalue weighted by atomic mass is 9.82. The van der Waals surface area contributed by atoms with E-state index in [1.807, 2.05) is 0 Å². The Balaban J connectivity index is 2.65. The zero-order valence-corrected chi connectivity index (χ0v) is 7.69. The summed E-state index contributed by atoms with van der Waals surface area (Å²) in [6.07, 6.45) is 3.96. The van der Waals surface area contributed by atoms with E-state index in [9.17, 15) is 4.79 Å². The first-order valence-electron chi connectivity index (χ1n) is 3.96. The van der Waals surface area contributed by atoms with E-state index in [0.29, 0.717) is 5.92 Å². The van der Waals surface area contributed by atoms with Gasteiger partial charge in [-0.3, -0.25) is 4.79 Å². The number of carbonyl (C=O) groups is 1. The summed E-state index contributed by atoms with van der Waals surface area (Å²) in [4.78, 5) is 10.9. The van der Waals surface area contributed by atoms with Crippen LogP contribution >= 0.6 is 11.6 Å². The fourth-order valence-electron chi connectivity index (χ4n) is 1.61. The van der Waals surface area contributed by atoms with E-state index in [0.717, 1.165) is 12.8 Å². The van der Waals surface area contributed by atoms with Crippen molar-refractivity contribution in [2.45, 2.75) is 26.7 Å². The van der Waals surface area contributed by atoms with E-state index >= 15 is 0 Å². The summed E-state index contributed by atoms with van der Waals surface area (Å²) >= 11 is 5.43. The summed E-state index contributed by atoms with van der Waals surface area (Å²) < 4.78 is 0. The SMILES string of the molecule is CC1=CC[C@@H](C(=O)Cl)[C@H](C)C1. The van der Waals surface area contributed by atoms with Crippen molar-refractivity contribution in [3.8, 4) is 0 Å². The van der Waals surface area contributed by atoms with Gasteiger partial charge < -0.3 is 0 Å². The van der Waals surface area contributed by atoms with Crippen molar-refractivity contribution in [3.63, 3.8) is 0 Å². The fraction of sp³-hybridized carbons (Fsp3) is 0.667. The predicted octanol–water partition coefficient (Wildman–Crippen LogP) is 2.74. The Morgan fingerprint density at radius 1 is 1.73 bits per heavy atom. The Morgan fingerprint density at radius 3 is 2.82 bits per heavy atom. The molecule has 2 heteroatoms. The van der Waals surface area contributed by atoms with Crippen molar-refractivity contribution in [3.05, 3.63) is 11.6 Å². The molecule has 2 atom stereocenters. The van der Waals surface area contributed by atoms with Crippen LogP contribution in [-0.2, 0) is 4.79 Å². The Hall–Kier alpha value is -0.300. The van der Waals surface area contributed by atoms with Crippen LogP contribution in [0, 0.1) is 11.8 Å². The molecule has 1 aliphatic carbocycles. The maximum atomic E-state index is 10.9. The lowest BCUT2D eigenvalue weighted by Crippen LogP contribution is -2.20. The molecule has 0 aliphatic heterocycles. The molecule has 0 spiro atoms. The van der Waals surface area contributed by atoms with Gasteiger partial charge in [0.2, 0.25) is 5.24 Å². The van der Waals surface area contributed by atoms with Gasteiger partial charge in [-0.25, -0.2) is 0 Å². The molecule has 0 radical (unpaired) electrons. The maximum absolute atomic E-state index is 10.9. The van der Waals surface area contributed by atoms with Gasteiger partial charge in [0.05, 0.1) is 0 Å². The standard InChI is InChI=1S/C9H13ClO/c1-6-3-4-8(9(10)11)7(2)5-6/h3,7-8H,4-5H2,1-2H3/t7-,8-/m1/s1. The molecular formula is C9H13ClO. The van der Waals surface area contributed by atoms with Crippen LogP contribution in [0.25, 0.3) is 0 Å². The first-order chi connectivity index (χ1) is 5.11. The van der Waals surface area contributed by atoms with Crippen molar-refractivity contribution in [2.24, 2.45) is 11.8 Å². The highest BCUT2D eigenvalue weighted by Crippen LogP contribution is 2.30. The first-order valence-corrected chi connectivity index (χ1v) is 4.34. The Bertz CT molecular complexity index is 196. The Kier molecular flexibility index (Phi) is 2.72. The number of halogens is 1. The van der Waals surface area contributed by atoms with E-state index in [1.165, 1.54) is 5.57 Å². The summed E-state index contributed by atoms with van der Waals surface area (Å²) in [7, 11) is 0. The van der Waals surface area contributed by atoms with Crippen molar-refractivity contribution >= 4 is 16.8 Å². The van der Waals surface area contributed by atoms with Crippen LogP contribution in [0.3, 0.4) is 0 Å². The molecule has 0 aromatic rings. The minimum atomic E-state index is -0.179. The molecule has 62 valence electrons. The Labute approximate surface area is 72.4 Å². The second-order valence-electron chi connectivity index (χ2n) is 3.38. The predicted molar refractivity (Wildman–Crippen MR) is 46.5 cm³/mol. The van der Waals surface area contributed by atoms with Gasteiger partial charge in [0.25, 0.3) is 0 Å². The molecule has 0 aromatic carbocycles. The summed E-state index contributed by atoms with van der Waals surface area (Å²) in [5.41, 5.74) is 1.38. The summed E-state index contributed by atoms with van der Waals surface area (Å²) in [5, 5.41) is -0.179. The van der Waals surface area contributed by atoms with E-state index in [1.54, 1.807) is 0 Å². The van der Waals surface area contributed by atoms with Gasteiger partial charge in [-0.1, -0.05) is 18.6 Å². The molecule has 0 amide bonds. The number of hydrogen-bond donors (Lipinski definition) is 0. The van der Waals surface area contributed by atoms with E-state index in [2.05, 4.69) is 19.9 Å². The van der Waals surface area contributed by atoms with Crippen LogP contribution < -0.4 is 0 Å². The quantitative estimate of drug-likeness (QED) is 0.439. The average Bonchev–Trinajstić information content (AvgIpc) is 1.85. The van der Waals surface area contributed by atoms with Gasteiger partial charge in [-0.05, 0) is 37.3 Å². The normalized spacial score (nSPS) is 31.4. The summed E-state index contributed by atoms with van der Waals surface area (Å²) in [6, 6.07) is 0. The molecule has 0 saturated heterocycles. The molecule has 0 aromatic heterocycles.